The highest BCUT2D eigenvalue weighted by Crippen LogP contribution is 2.07. The van der Waals surface area contributed by atoms with Gasteiger partial charge in [0.2, 0.25) is 0 Å². The Kier molecular flexibility index (Phi) is 3.39. The molecule has 1 aromatic rings. The molecule has 1 rings (SSSR count). The molecular weight excluding hydrogens is 146 g/mol. The van der Waals surface area contributed by atoms with Crippen LogP contribution < -0.4 is 5.73 Å². The first-order valence-corrected chi connectivity index (χ1v) is 4.28. The van der Waals surface area contributed by atoms with Crippen LogP contribution in [-0.4, -0.2) is 0 Å². The third kappa shape index (κ3) is 2.79. The van der Waals surface area contributed by atoms with Gasteiger partial charge in [0.25, 0.3) is 0 Å². The van der Waals surface area contributed by atoms with E-state index < -0.39 is 0 Å². The number of nitrogen functional groups attached to an aromatic ring is 1. The lowest BCUT2D eigenvalue weighted by Crippen LogP contribution is -1.86. The van der Waals surface area contributed by atoms with Gasteiger partial charge in [-0.3, -0.25) is 0 Å². The van der Waals surface area contributed by atoms with Gasteiger partial charge in [-0.15, -0.1) is 0 Å². The van der Waals surface area contributed by atoms with E-state index in [2.05, 4.69) is 24.3 Å². The Bertz CT molecular complexity index is 246. The van der Waals surface area contributed by atoms with Crippen molar-refractivity contribution in [1.82, 2.24) is 0 Å². The number of hydrogen-bond donors (Lipinski definition) is 1. The maximum absolute atomic E-state index is 5.57. The van der Waals surface area contributed by atoms with Crippen molar-refractivity contribution in [2.75, 3.05) is 5.73 Å². The van der Waals surface area contributed by atoms with Crippen LogP contribution >= 0.6 is 0 Å². The van der Waals surface area contributed by atoms with Crippen LogP contribution in [0.3, 0.4) is 0 Å². The fourth-order valence-corrected chi connectivity index (χ4v) is 1.10. The molecular formula is C11H15N. The molecule has 2 N–H and O–H groups in total. The second-order valence-electron chi connectivity index (χ2n) is 2.85. The van der Waals surface area contributed by atoms with Crippen molar-refractivity contribution in [2.24, 2.45) is 0 Å². The molecule has 0 fully saturated rings. The van der Waals surface area contributed by atoms with Crippen LogP contribution in [0, 0.1) is 0 Å². The molecule has 1 aromatic carbocycles. The summed E-state index contributed by atoms with van der Waals surface area (Å²) >= 11 is 0. The number of anilines is 1. The van der Waals surface area contributed by atoms with Crippen molar-refractivity contribution in [1.29, 1.82) is 0 Å². The van der Waals surface area contributed by atoms with E-state index in [1.54, 1.807) is 0 Å². The fourth-order valence-electron chi connectivity index (χ4n) is 1.10. The number of aryl methyl sites for hydroxylation is 1. The Morgan fingerprint density at radius 2 is 1.92 bits per heavy atom. The first-order chi connectivity index (χ1) is 5.83. The molecule has 0 aliphatic heterocycles. The molecule has 0 spiro atoms. The minimum atomic E-state index is 0.838. The maximum Gasteiger partial charge on any atom is 0.0314 e. The number of nitrogens with two attached hydrogens (primary N) is 1. The molecule has 0 aliphatic carbocycles. The van der Waals surface area contributed by atoms with Gasteiger partial charge in [-0.2, -0.15) is 0 Å². The summed E-state index contributed by atoms with van der Waals surface area (Å²) in [5, 5.41) is 0. The molecule has 0 amide bonds. The number of benzene rings is 1. The zero-order chi connectivity index (χ0) is 8.81. The highest BCUT2D eigenvalue weighted by molar-refractivity contribution is 5.39. The summed E-state index contributed by atoms with van der Waals surface area (Å²) in [5.41, 5.74) is 7.75. The highest BCUT2D eigenvalue weighted by Gasteiger charge is 1.89. The van der Waals surface area contributed by atoms with Gasteiger partial charge < -0.3 is 5.73 Å². The summed E-state index contributed by atoms with van der Waals surface area (Å²) < 4.78 is 0. The Morgan fingerprint density at radius 1 is 1.25 bits per heavy atom. The minimum Gasteiger partial charge on any atom is -0.399 e. The molecule has 0 unspecified atom stereocenters. The van der Waals surface area contributed by atoms with E-state index in [4.69, 9.17) is 5.73 Å². The molecule has 64 valence electrons. The standard InChI is InChI=1S/C11H15N/c1-2-3-4-5-10-6-8-11(12)9-7-10/h2-3,6-9H,4-5,12H2,1H3. The molecule has 0 bridgehead atoms. The number of allylic oxidation sites excluding steroid dienone is 2. The molecule has 0 saturated heterocycles. The van der Waals surface area contributed by atoms with Crippen molar-refractivity contribution in [2.45, 2.75) is 19.8 Å². The topological polar surface area (TPSA) is 26.0 Å². The number of hydrogen-bond acceptors (Lipinski definition) is 1. The molecule has 1 nitrogen and oxygen atoms in total. The van der Waals surface area contributed by atoms with E-state index in [1.807, 2.05) is 19.1 Å². The summed E-state index contributed by atoms with van der Waals surface area (Å²) in [6.45, 7) is 2.04. The van der Waals surface area contributed by atoms with Crippen molar-refractivity contribution in [3.05, 3.63) is 42.0 Å². The third-order valence-corrected chi connectivity index (χ3v) is 1.82. The lowest BCUT2D eigenvalue weighted by Gasteiger charge is -1.98. The van der Waals surface area contributed by atoms with E-state index in [1.165, 1.54) is 5.56 Å². The summed E-state index contributed by atoms with van der Waals surface area (Å²) in [7, 11) is 0. The first-order valence-electron chi connectivity index (χ1n) is 4.28. The van der Waals surface area contributed by atoms with Crippen LogP contribution in [0.25, 0.3) is 0 Å². The summed E-state index contributed by atoms with van der Waals surface area (Å²) in [6, 6.07) is 8.06. The first kappa shape index (κ1) is 8.85. The Hall–Kier alpha value is -1.24. The van der Waals surface area contributed by atoms with Crippen LogP contribution in [0.1, 0.15) is 18.9 Å². The van der Waals surface area contributed by atoms with Crippen LogP contribution in [0.15, 0.2) is 36.4 Å². The predicted octanol–water partition coefficient (Wildman–Crippen LogP) is 2.78. The van der Waals surface area contributed by atoms with Crippen molar-refractivity contribution in [3.8, 4) is 0 Å². The molecule has 0 aromatic heterocycles. The molecule has 0 saturated carbocycles. The van der Waals surface area contributed by atoms with Crippen molar-refractivity contribution in [3.63, 3.8) is 0 Å². The minimum absolute atomic E-state index is 0.838. The third-order valence-electron chi connectivity index (χ3n) is 1.82. The zero-order valence-electron chi connectivity index (χ0n) is 7.46. The van der Waals surface area contributed by atoms with E-state index in [0.717, 1.165) is 18.5 Å². The monoisotopic (exact) mass is 161 g/mol. The van der Waals surface area contributed by atoms with Crippen molar-refractivity contribution >= 4 is 5.69 Å². The van der Waals surface area contributed by atoms with Gasteiger partial charge in [0.1, 0.15) is 0 Å². The molecule has 0 aliphatic rings. The summed E-state index contributed by atoms with van der Waals surface area (Å²) in [6.07, 6.45) is 6.47. The summed E-state index contributed by atoms with van der Waals surface area (Å²) in [4.78, 5) is 0. The van der Waals surface area contributed by atoms with Gasteiger partial charge in [-0.25, -0.2) is 0 Å². The van der Waals surface area contributed by atoms with E-state index in [0.29, 0.717) is 0 Å². The van der Waals surface area contributed by atoms with Crippen molar-refractivity contribution < 1.29 is 0 Å². The van der Waals surface area contributed by atoms with Gasteiger partial charge in [-0.05, 0) is 37.5 Å². The number of rotatable bonds is 3. The van der Waals surface area contributed by atoms with Gasteiger partial charge in [0.15, 0.2) is 0 Å². The predicted molar refractivity (Wildman–Crippen MR) is 54.0 cm³/mol. The molecule has 0 atom stereocenters. The van der Waals surface area contributed by atoms with Crippen LogP contribution in [0.2, 0.25) is 0 Å². The molecule has 12 heavy (non-hydrogen) atoms. The zero-order valence-corrected chi connectivity index (χ0v) is 7.46. The second-order valence-corrected chi connectivity index (χ2v) is 2.85. The van der Waals surface area contributed by atoms with Gasteiger partial charge in [0, 0.05) is 5.69 Å². The van der Waals surface area contributed by atoms with Crippen LogP contribution in [0.4, 0.5) is 5.69 Å². The van der Waals surface area contributed by atoms with E-state index in [-0.39, 0.29) is 0 Å². The molecule has 0 heterocycles. The normalized spacial score (nSPS) is 10.8. The highest BCUT2D eigenvalue weighted by atomic mass is 14.5. The van der Waals surface area contributed by atoms with Gasteiger partial charge >= 0.3 is 0 Å². The Balaban J connectivity index is 2.47. The van der Waals surface area contributed by atoms with E-state index >= 15 is 0 Å². The Morgan fingerprint density at radius 3 is 2.50 bits per heavy atom. The molecule has 1 heteroatoms. The maximum atomic E-state index is 5.57. The average Bonchev–Trinajstić information content (AvgIpc) is 2.09. The second kappa shape index (κ2) is 4.60. The lowest BCUT2D eigenvalue weighted by molar-refractivity contribution is 1.000. The van der Waals surface area contributed by atoms with Crippen LogP contribution in [-0.2, 0) is 6.42 Å². The van der Waals surface area contributed by atoms with Crippen LogP contribution in [0.5, 0.6) is 0 Å². The smallest absolute Gasteiger partial charge is 0.0314 e. The SMILES string of the molecule is CC=CCCc1ccc(N)cc1. The lowest BCUT2D eigenvalue weighted by atomic mass is 10.1. The molecule has 0 radical (unpaired) electrons. The average molecular weight is 161 g/mol. The largest absolute Gasteiger partial charge is 0.399 e. The summed E-state index contributed by atoms with van der Waals surface area (Å²) in [5.74, 6) is 0. The quantitative estimate of drug-likeness (QED) is 0.535. The van der Waals surface area contributed by atoms with E-state index in [9.17, 15) is 0 Å². The van der Waals surface area contributed by atoms with Gasteiger partial charge in [-0.1, -0.05) is 24.3 Å². The fraction of sp³-hybridized carbons (Fsp3) is 0.273. The van der Waals surface area contributed by atoms with Gasteiger partial charge in [0.05, 0.1) is 0 Å². The Labute approximate surface area is 73.9 Å².